The summed E-state index contributed by atoms with van der Waals surface area (Å²) in [7, 11) is 0. The van der Waals surface area contributed by atoms with E-state index in [1.54, 1.807) is 12.1 Å². The molecule has 1 aromatic rings. The molecule has 7 heteroatoms. The standard InChI is InChI=1S/C22H31FN2O4/c23-17-1-2-21(28-13-19-12-26-7-8-27-19)20(9-17)16-3-5-25(6-4-16)18-10-22(29-11-18)14-24-15-22/h1-2,9,16,18-19,24H,3-8,10-15H2/t18-,19-/m0/s1. The zero-order chi connectivity index (χ0) is 19.7. The summed E-state index contributed by atoms with van der Waals surface area (Å²) in [6.07, 6.45) is 3.11. The van der Waals surface area contributed by atoms with Gasteiger partial charge >= 0.3 is 0 Å². The summed E-state index contributed by atoms with van der Waals surface area (Å²) < 4.78 is 37.3. The molecule has 4 aliphatic heterocycles. The molecule has 1 spiro atoms. The van der Waals surface area contributed by atoms with Gasteiger partial charge in [-0.3, -0.25) is 4.90 Å². The van der Waals surface area contributed by atoms with Crippen LogP contribution < -0.4 is 10.1 Å². The normalized spacial score (nSPS) is 30.4. The third-order valence-electron chi connectivity index (χ3n) is 6.85. The summed E-state index contributed by atoms with van der Waals surface area (Å²) in [6.45, 7) is 7.09. The molecule has 4 aliphatic rings. The van der Waals surface area contributed by atoms with Gasteiger partial charge in [-0.1, -0.05) is 0 Å². The minimum Gasteiger partial charge on any atom is -0.490 e. The van der Waals surface area contributed by atoms with E-state index in [9.17, 15) is 4.39 Å². The molecule has 5 rings (SSSR count). The second-order valence-electron chi connectivity index (χ2n) is 8.83. The van der Waals surface area contributed by atoms with Crippen molar-refractivity contribution in [3.05, 3.63) is 29.6 Å². The van der Waals surface area contributed by atoms with Crippen LogP contribution in [-0.4, -0.2) is 81.9 Å². The van der Waals surface area contributed by atoms with Crippen LogP contribution in [0.5, 0.6) is 5.75 Å². The van der Waals surface area contributed by atoms with E-state index in [1.165, 1.54) is 6.07 Å². The topological polar surface area (TPSA) is 52.2 Å². The Morgan fingerprint density at radius 3 is 2.72 bits per heavy atom. The Morgan fingerprint density at radius 1 is 1.17 bits per heavy atom. The van der Waals surface area contributed by atoms with Crippen LogP contribution in [0.15, 0.2) is 18.2 Å². The van der Waals surface area contributed by atoms with Gasteiger partial charge in [0.1, 0.15) is 24.3 Å². The average molecular weight is 406 g/mol. The summed E-state index contributed by atoms with van der Waals surface area (Å²) in [5.74, 6) is 0.903. The lowest BCUT2D eigenvalue weighted by Crippen LogP contribution is -2.59. The van der Waals surface area contributed by atoms with E-state index >= 15 is 0 Å². The number of likely N-dealkylation sites (tertiary alicyclic amines) is 1. The predicted molar refractivity (Wildman–Crippen MR) is 106 cm³/mol. The number of benzene rings is 1. The molecule has 0 aliphatic carbocycles. The monoisotopic (exact) mass is 406 g/mol. The van der Waals surface area contributed by atoms with E-state index in [0.29, 0.717) is 38.4 Å². The third kappa shape index (κ3) is 4.30. The van der Waals surface area contributed by atoms with Crippen molar-refractivity contribution < 1.29 is 23.3 Å². The van der Waals surface area contributed by atoms with E-state index < -0.39 is 0 Å². The van der Waals surface area contributed by atoms with E-state index in [4.69, 9.17) is 18.9 Å². The van der Waals surface area contributed by atoms with Crippen molar-refractivity contribution in [3.8, 4) is 5.75 Å². The van der Waals surface area contributed by atoms with Crippen molar-refractivity contribution in [1.29, 1.82) is 0 Å². The van der Waals surface area contributed by atoms with Crippen LogP contribution in [0.4, 0.5) is 4.39 Å². The fourth-order valence-electron chi connectivity index (χ4n) is 5.07. The van der Waals surface area contributed by atoms with Crippen LogP contribution in [0.25, 0.3) is 0 Å². The number of ether oxygens (including phenoxy) is 4. The van der Waals surface area contributed by atoms with Gasteiger partial charge in [-0.05, 0) is 56.5 Å². The van der Waals surface area contributed by atoms with Crippen molar-refractivity contribution in [1.82, 2.24) is 10.2 Å². The lowest BCUT2D eigenvalue weighted by Gasteiger charge is -2.40. The van der Waals surface area contributed by atoms with Gasteiger partial charge in [-0.2, -0.15) is 0 Å². The molecule has 0 aromatic heterocycles. The van der Waals surface area contributed by atoms with Crippen LogP contribution in [0.2, 0.25) is 0 Å². The molecule has 2 atom stereocenters. The quantitative estimate of drug-likeness (QED) is 0.807. The molecule has 0 saturated carbocycles. The first-order valence-corrected chi connectivity index (χ1v) is 10.9. The molecular weight excluding hydrogens is 375 g/mol. The highest BCUT2D eigenvalue weighted by atomic mass is 19.1. The molecule has 0 radical (unpaired) electrons. The van der Waals surface area contributed by atoms with Crippen molar-refractivity contribution in [2.45, 2.75) is 42.9 Å². The Bertz CT molecular complexity index is 700. The first-order chi connectivity index (χ1) is 14.2. The van der Waals surface area contributed by atoms with Crippen LogP contribution in [0.3, 0.4) is 0 Å². The van der Waals surface area contributed by atoms with Gasteiger partial charge in [0.2, 0.25) is 0 Å². The summed E-state index contributed by atoms with van der Waals surface area (Å²) >= 11 is 0. The molecule has 4 saturated heterocycles. The highest BCUT2D eigenvalue weighted by molar-refractivity contribution is 5.37. The van der Waals surface area contributed by atoms with Gasteiger partial charge in [0.15, 0.2) is 0 Å². The van der Waals surface area contributed by atoms with Crippen LogP contribution in [-0.2, 0) is 14.2 Å². The molecule has 0 unspecified atom stereocenters. The number of hydrogen-bond donors (Lipinski definition) is 1. The lowest BCUT2D eigenvalue weighted by atomic mass is 9.86. The maximum atomic E-state index is 14.0. The second kappa shape index (κ2) is 8.47. The van der Waals surface area contributed by atoms with Crippen LogP contribution in [0, 0.1) is 5.82 Å². The van der Waals surface area contributed by atoms with Crippen molar-refractivity contribution >= 4 is 0 Å². The fraction of sp³-hybridized carbons (Fsp3) is 0.727. The summed E-state index contributed by atoms with van der Waals surface area (Å²) in [5, 5.41) is 3.33. The molecule has 160 valence electrons. The Kier molecular flexibility index (Phi) is 5.76. The van der Waals surface area contributed by atoms with Crippen LogP contribution >= 0.6 is 0 Å². The Morgan fingerprint density at radius 2 is 2.03 bits per heavy atom. The number of hydrogen-bond acceptors (Lipinski definition) is 6. The molecular formula is C22H31FN2O4. The van der Waals surface area contributed by atoms with Gasteiger partial charge in [0, 0.05) is 24.7 Å². The largest absolute Gasteiger partial charge is 0.490 e. The SMILES string of the molecule is Fc1ccc(OC[C@@H]2COCCO2)c(C2CCN([C@@H]3COC4(CNC4)C3)CC2)c1. The number of nitrogens with zero attached hydrogens (tertiary/aromatic N) is 1. The van der Waals surface area contributed by atoms with Gasteiger partial charge in [-0.25, -0.2) is 4.39 Å². The number of halogens is 1. The van der Waals surface area contributed by atoms with Crippen LogP contribution in [0.1, 0.15) is 30.7 Å². The summed E-state index contributed by atoms with van der Waals surface area (Å²) in [5.41, 5.74) is 1.08. The summed E-state index contributed by atoms with van der Waals surface area (Å²) in [4.78, 5) is 2.57. The highest BCUT2D eigenvalue weighted by Gasteiger charge is 2.47. The number of rotatable bonds is 5. The molecule has 0 bridgehead atoms. The first-order valence-electron chi connectivity index (χ1n) is 10.9. The average Bonchev–Trinajstić information content (AvgIpc) is 3.20. The van der Waals surface area contributed by atoms with Gasteiger partial charge in [0.05, 0.1) is 32.0 Å². The molecule has 1 aromatic carbocycles. The lowest BCUT2D eigenvalue weighted by molar-refractivity contribution is -0.101. The van der Waals surface area contributed by atoms with Crippen molar-refractivity contribution in [3.63, 3.8) is 0 Å². The first kappa shape index (κ1) is 19.7. The Balaban J connectivity index is 1.19. The van der Waals surface area contributed by atoms with E-state index in [0.717, 1.165) is 63.4 Å². The second-order valence-corrected chi connectivity index (χ2v) is 8.83. The highest BCUT2D eigenvalue weighted by Crippen LogP contribution is 2.38. The van der Waals surface area contributed by atoms with Crippen molar-refractivity contribution in [2.24, 2.45) is 0 Å². The van der Waals surface area contributed by atoms with Gasteiger partial charge in [0.25, 0.3) is 0 Å². The predicted octanol–water partition coefficient (Wildman–Crippen LogP) is 1.93. The van der Waals surface area contributed by atoms with Gasteiger partial charge in [-0.15, -0.1) is 0 Å². The number of piperidine rings is 1. The molecule has 1 N–H and O–H groups in total. The molecule has 6 nitrogen and oxygen atoms in total. The minimum atomic E-state index is -0.198. The molecule has 4 fully saturated rings. The third-order valence-corrected chi connectivity index (χ3v) is 6.85. The Labute approximate surface area is 171 Å². The zero-order valence-electron chi connectivity index (χ0n) is 16.9. The molecule has 0 amide bonds. The maximum absolute atomic E-state index is 14.0. The van der Waals surface area contributed by atoms with E-state index in [2.05, 4.69) is 10.2 Å². The smallest absolute Gasteiger partial charge is 0.123 e. The molecule has 4 heterocycles. The Hall–Kier alpha value is -1.25. The minimum absolute atomic E-state index is 0.0563. The van der Waals surface area contributed by atoms with Gasteiger partial charge < -0.3 is 24.3 Å². The van der Waals surface area contributed by atoms with Crippen molar-refractivity contribution in [2.75, 3.05) is 59.2 Å². The molecule has 29 heavy (non-hydrogen) atoms. The zero-order valence-corrected chi connectivity index (χ0v) is 16.9. The summed E-state index contributed by atoms with van der Waals surface area (Å²) in [6, 6.07) is 5.42. The maximum Gasteiger partial charge on any atom is 0.123 e. The number of nitrogens with one attached hydrogen (secondary N) is 1. The fourth-order valence-corrected chi connectivity index (χ4v) is 5.07. The van der Waals surface area contributed by atoms with E-state index in [1.807, 2.05) is 0 Å². The van der Waals surface area contributed by atoms with E-state index in [-0.39, 0.29) is 17.5 Å².